The lowest BCUT2D eigenvalue weighted by Crippen LogP contribution is -2.30. The van der Waals surface area contributed by atoms with Crippen LogP contribution < -0.4 is 10.1 Å². The van der Waals surface area contributed by atoms with Crippen LogP contribution in [-0.4, -0.2) is 12.0 Å². The third kappa shape index (κ3) is 4.10. The Labute approximate surface area is 139 Å². The number of aryl methyl sites for hydroxylation is 2. The number of halogens is 1. The zero-order valence-corrected chi connectivity index (χ0v) is 14.8. The van der Waals surface area contributed by atoms with Crippen molar-refractivity contribution in [1.29, 1.82) is 0 Å². The van der Waals surface area contributed by atoms with Gasteiger partial charge in [0.15, 0.2) is 6.10 Å². The molecule has 0 unspecified atom stereocenters. The molecule has 0 saturated heterocycles. The Morgan fingerprint density at radius 3 is 2.41 bits per heavy atom. The van der Waals surface area contributed by atoms with Crippen molar-refractivity contribution >= 4 is 27.5 Å². The van der Waals surface area contributed by atoms with Gasteiger partial charge in [0.25, 0.3) is 5.91 Å². The Bertz CT molecular complexity index is 680. The summed E-state index contributed by atoms with van der Waals surface area (Å²) in [5, 5.41) is 2.85. The van der Waals surface area contributed by atoms with Crippen LogP contribution in [0.1, 0.15) is 23.6 Å². The Morgan fingerprint density at radius 1 is 1.14 bits per heavy atom. The molecule has 0 aliphatic carbocycles. The van der Waals surface area contributed by atoms with Crippen LogP contribution in [0, 0.1) is 20.8 Å². The highest BCUT2D eigenvalue weighted by Crippen LogP contribution is 2.24. The van der Waals surface area contributed by atoms with Gasteiger partial charge in [0.2, 0.25) is 0 Å². The summed E-state index contributed by atoms with van der Waals surface area (Å²) in [6, 6.07) is 11.5. The van der Waals surface area contributed by atoms with Gasteiger partial charge >= 0.3 is 0 Å². The first-order valence-electron chi connectivity index (χ1n) is 7.18. The number of hydrogen-bond donors (Lipinski definition) is 1. The van der Waals surface area contributed by atoms with E-state index in [1.54, 1.807) is 6.92 Å². The fourth-order valence-electron chi connectivity index (χ4n) is 2.14. The largest absolute Gasteiger partial charge is 0.481 e. The molecule has 0 spiro atoms. The first kappa shape index (κ1) is 16.6. The number of rotatable bonds is 4. The van der Waals surface area contributed by atoms with Gasteiger partial charge in [0.1, 0.15) is 5.75 Å². The molecule has 22 heavy (non-hydrogen) atoms. The summed E-state index contributed by atoms with van der Waals surface area (Å²) in [6.45, 7) is 7.82. The van der Waals surface area contributed by atoms with Gasteiger partial charge in [0.05, 0.1) is 0 Å². The number of carbonyl (C=O) groups excluding carboxylic acids is 1. The van der Waals surface area contributed by atoms with Crippen LogP contribution in [-0.2, 0) is 4.79 Å². The number of benzene rings is 2. The van der Waals surface area contributed by atoms with Crippen molar-refractivity contribution in [1.82, 2.24) is 0 Å². The predicted octanol–water partition coefficient (Wildman–Crippen LogP) is 4.78. The van der Waals surface area contributed by atoms with Crippen LogP contribution in [0.4, 0.5) is 5.69 Å². The van der Waals surface area contributed by atoms with Crippen molar-refractivity contribution in [2.24, 2.45) is 0 Å². The third-order valence-electron chi connectivity index (χ3n) is 3.55. The quantitative estimate of drug-likeness (QED) is 0.850. The maximum atomic E-state index is 12.2. The molecule has 1 atom stereocenters. The highest BCUT2D eigenvalue weighted by Gasteiger charge is 2.16. The number of nitrogens with one attached hydrogen (secondary N) is 1. The van der Waals surface area contributed by atoms with Gasteiger partial charge in [-0.1, -0.05) is 22.0 Å². The van der Waals surface area contributed by atoms with Crippen LogP contribution in [0.5, 0.6) is 5.75 Å². The second kappa shape index (κ2) is 6.97. The molecule has 0 aliphatic rings. The lowest BCUT2D eigenvalue weighted by Gasteiger charge is -2.18. The van der Waals surface area contributed by atoms with E-state index in [0.717, 1.165) is 32.6 Å². The smallest absolute Gasteiger partial charge is 0.265 e. The zero-order valence-electron chi connectivity index (χ0n) is 13.2. The standard InChI is InChI=1S/C18H20BrNO2/c1-11-9-12(2)13(3)17(10-11)22-14(4)18(21)20-16-7-5-15(19)6-8-16/h5-10,14H,1-4H3,(H,20,21)/t14-/m1/s1. The van der Waals surface area contributed by atoms with Gasteiger partial charge in [-0.25, -0.2) is 0 Å². The molecule has 116 valence electrons. The SMILES string of the molecule is Cc1cc(C)c(C)c(O[C@H](C)C(=O)Nc2ccc(Br)cc2)c1. The van der Waals surface area contributed by atoms with Crippen molar-refractivity contribution in [3.8, 4) is 5.75 Å². The minimum atomic E-state index is -0.566. The van der Waals surface area contributed by atoms with Crippen LogP contribution in [0.15, 0.2) is 40.9 Å². The van der Waals surface area contributed by atoms with Gasteiger partial charge < -0.3 is 10.1 Å². The van der Waals surface area contributed by atoms with E-state index >= 15 is 0 Å². The van der Waals surface area contributed by atoms with E-state index in [9.17, 15) is 4.79 Å². The number of amides is 1. The predicted molar refractivity (Wildman–Crippen MR) is 93.5 cm³/mol. The van der Waals surface area contributed by atoms with Crippen LogP contribution in [0.2, 0.25) is 0 Å². The fraction of sp³-hybridized carbons (Fsp3) is 0.278. The summed E-state index contributed by atoms with van der Waals surface area (Å²) < 4.78 is 6.82. The second-order valence-corrected chi connectivity index (χ2v) is 6.38. The number of carbonyl (C=O) groups is 1. The van der Waals surface area contributed by atoms with Crippen molar-refractivity contribution in [3.63, 3.8) is 0 Å². The van der Waals surface area contributed by atoms with Gasteiger partial charge in [0, 0.05) is 10.2 Å². The molecule has 0 fully saturated rings. The van der Waals surface area contributed by atoms with Crippen molar-refractivity contribution in [2.45, 2.75) is 33.8 Å². The van der Waals surface area contributed by atoms with Crippen molar-refractivity contribution in [2.75, 3.05) is 5.32 Å². The fourth-order valence-corrected chi connectivity index (χ4v) is 2.41. The van der Waals surface area contributed by atoms with Gasteiger partial charge in [-0.05, 0) is 74.7 Å². The van der Waals surface area contributed by atoms with E-state index in [1.165, 1.54) is 0 Å². The number of ether oxygens (including phenoxy) is 1. The molecule has 0 bridgehead atoms. The Balaban J connectivity index is 2.07. The third-order valence-corrected chi connectivity index (χ3v) is 4.08. The highest BCUT2D eigenvalue weighted by atomic mass is 79.9. The Morgan fingerprint density at radius 2 is 1.77 bits per heavy atom. The van der Waals surface area contributed by atoms with E-state index in [0.29, 0.717) is 0 Å². The number of anilines is 1. The highest BCUT2D eigenvalue weighted by molar-refractivity contribution is 9.10. The first-order chi connectivity index (χ1) is 10.4. The molecule has 0 heterocycles. The first-order valence-corrected chi connectivity index (χ1v) is 7.97. The van der Waals surface area contributed by atoms with Crippen molar-refractivity contribution in [3.05, 3.63) is 57.6 Å². The molecule has 1 N–H and O–H groups in total. The van der Waals surface area contributed by atoms with Crippen molar-refractivity contribution < 1.29 is 9.53 Å². The van der Waals surface area contributed by atoms with E-state index in [-0.39, 0.29) is 5.91 Å². The summed E-state index contributed by atoms with van der Waals surface area (Å²) in [5.74, 6) is 0.594. The maximum absolute atomic E-state index is 12.2. The molecule has 0 radical (unpaired) electrons. The second-order valence-electron chi connectivity index (χ2n) is 5.46. The minimum Gasteiger partial charge on any atom is -0.481 e. The van der Waals surface area contributed by atoms with Crippen LogP contribution in [0.3, 0.4) is 0 Å². The lowest BCUT2D eigenvalue weighted by atomic mass is 10.1. The molecular weight excluding hydrogens is 342 g/mol. The van der Waals surface area contributed by atoms with Crippen LogP contribution in [0.25, 0.3) is 0 Å². The van der Waals surface area contributed by atoms with E-state index in [2.05, 4.69) is 27.3 Å². The van der Waals surface area contributed by atoms with E-state index in [1.807, 2.05) is 51.1 Å². The van der Waals surface area contributed by atoms with E-state index in [4.69, 9.17) is 4.74 Å². The minimum absolute atomic E-state index is 0.166. The molecule has 0 saturated carbocycles. The topological polar surface area (TPSA) is 38.3 Å². The normalized spacial score (nSPS) is 11.9. The van der Waals surface area contributed by atoms with Gasteiger partial charge in [-0.2, -0.15) is 0 Å². The summed E-state index contributed by atoms with van der Waals surface area (Å²) in [4.78, 5) is 12.2. The molecule has 2 rings (SSSR count). The monoisotopic (exact) mass is 361 g/mol. The van der Waals surface area contributed by atoms with Gasteiger partial charge in [-0.3, -0.25) is 4.79 Å². The maximum Gasteiger partial charge on any atom is 0.265 e. The average molecular weight is 362 g/mol. The molecule has 2 aromatic rings. The molecule has 3 nitrogen and oxygen atoms in total. The van der Waals surface area contributed by atoms with Gasteiger partial charge in [-0.15, -0.1) is 0 Å². The Hall–Kier alpha value is -1.81. The zero-order chi connectivity index (χ0) is 16.3. The summed E-state index contributed by atoms with van der Waals surface area (Å²) in [5.41, 5.74) is 4.10. The average Bonchev–Trinajstić information content (AvgIpc) is 2.46. The molecule has 0 aliphatic heterocycles. The van der Waals surface area contributed by atoms with Crippen LogP contribution >= 0.6 is 15.9 Å². The summed E-state index contributed by atoms with van der Waals surface area (Å²) in [7, 11) is 0. The molecule has 0 aromatic heterocycles. The lowest BCUT2D eigenvalue weighted by molar-refractivity contribution is -0.122. The van der Waals surface area contributed by atoms with E-state index < -0.39 is 6.10 Å². The summed E-state index contributed by atoms with van der Waals surface area (Å²) in [6.07, 6.45) is -0.566. The molecule has 4 heteroatoms. The number of hydrogen-bond acceptors (Lipinski definition) is 2. The summed E-state index contributed by atoms with van der Waals surface area (Å²) >= 11 is 3.37. The Kier molecular flexibility index (Phi) is 5.24. The molecular formula is C18H20BrNO2. The molecule has 2 aromatic carbocycles. The molecule has 1 amide bonds.